The van der Waals surface area contributed by atoms with E-state index in [1.165, 1.54) is 23.4 Å². The second kappa shape index (κ2) is 10.3. The van der Waals surface area contributed by atoms with Crippen molar-refractivity contribution < 1.29 is 9.53 Å². The lowest BCUT2D eigenvalue weighted by Crippen LogP contribution is -2.49. The molecule has 2 aromatic carbocycles. The Labute approximate surface area is 177 Å². The Balaban J connectivity index is 0.00000261. The zero-order chi connectivity index (χ0) is 18.4. The van der Waals surface area contributed by atoms with Gasteiger partial charge in [0, 0.05) is 32.7 Å². The third-order valence-corrected chi connectivity index (χ3v) is 4.77. The molecule has 7 heteroatoms. The van der Waals surface area contributed by atoms with Crippen LogP contribution in [0.2, 0.25) is 0 Å². The minimum absolute atomic E-state index is 0. The van der Waals surface area contributed by atoms with Crippen LogP contribution in [0.5, 0.6) is 0 Å². The number of hydrogen-bond acceptors (Lipinski definition) is 3. The standard InChI is InChI=1S/C20H26N4O2.HI/c1-21-19(23-18-9-11-24(12-10-18)20(25)26-2)22-14-15-7-8-16-5-3-4-6-17(16)13-15;/h3-8,13,18H,9-12,14H2,1-2H3,(H2,21,22,23);1H. The molecule has 0 bridgehead atoms. The van der Waals surface area contributed by atoms with Gasteiger partial charge < -0.3 is 20.3 Å². The molecule has 0 spiro atoms. The lowest BCUT2D eigenvalue weighted by molar-refractivity contribution is 0.111. The summed E-state index contributed by atoms with van der Waals surface area (Å²) in [6.07, 6.45) is 1.51. The molecule has 1 aliphatic rings. The smallest absolute Gasteiger partial charge is 0.409 e. The van der Waals surface area contributed by atoms with Crippen molar-refractivity contribution >= 4 is 46.8 Å². The van der Waals surface area contributed by atoms with Gasteiger partial charge in [-0.1, -0.05) is 36.4 Å². The van der Waals surface area contributed by atoms with E-state index in [-0.39, 0.29) is 30.1 Å². The van der Waals surface area contributed by atoms with Gasteiger partial charge in [0.25, 0.3) is 0 Å². The molecule has 1 amide bonds. The summed E-state index contributed by atoms with van der Waals surface area (Å²) in [6, 6.07) is 15.1. The van der Waals surface area contributed by atoms with E-state index in [0.29, 0.717) is 25.7 Å². The molecule has 0 aromatic heterocycles. The first kappa shape index (κ1) is 21.3. The van der Waals surface area contributed by atoms with Gasteiger partial charge in [0.2, 0.25) is 0 Å². The fourth-order valence-corrected chi connectivity index (χ4v) is 3.26. The molecule has 1 saturated heterocycles. The van der Waals surface area contributed by atoms with E-state index in [1.807, 2.05) is 0 Å². The van der Waals surface area contributed by atoms with Crippen molar-refractivity contribution in [3.63, 3.8) is 0 Å². The Morgan fingerprint density at radius 3 is 2.56 bits per heavy atom. The summed E-state index contributed by atoms with van der Waals surface area (Å²) in [6.45, 7) is 2.11. The quantitative estimate of drug-likeness (QED) is 0.400. The van der Waals surface area contributed by atoms with Crippen LogP contribution in [-0.4, -0.2) is 50.2 Å². The van der Waals surface area contributed by atoms with Crippen LogP contribution in [0.15, 0.2) is 47.5 Å². The number of amides is 1. The second-order valence-electron chi connectivity index (χ2n) is 6.48. The van der Waals surface area contributed by atoms with Gasteiger partial charge in [-0.05, 0) is 35.2 Å². The normalized spacial score (nSPS) is 15.2. The summed E-state index contributed by atoms with van der Waals surface area (Å²) in [5, 5.41) is 9.31. The number of carbonyl (C=O) groups excluding carboxylic acids is 1. The van der Waals surface area contributed by atoms with Crippen molar-refractivity contribution in [2.24, 2.45) is 4.99 Å². The number of hydrogen-bond donors (Lipinski definition) is 2. The Hall–Kier alpha value is -2.03. The van der Waals surface area contributed by atoms with Gasteiger partial charge in [-0.25, -0.2) is 4.79 Å². The lowest BCUT2D eigenvalue weighted by atomic mass is 10.1. The fraction of sp³-hybridized carbons (Fsp3) is 0.400. The van der Waals surface area contributed by atoms with Crippen molar-refractivity contribution in [1.82, 2.24) is 15.5 Å². The van der Waals surface area contributed by atoms with E-state index >= 15 is 0 Å². The highest BCUT2D eigenvalue weighted by Gasteiger charge is 2.23. The highest BCUT2D eigenvalue weighted by Crippen LogP contribution is 2.15. The highest BCUT2D eigenvalue weighted by atomic mass is 127. The molecule has 27 heavy (non-hydrogen) atoms. The Kier molecular flexibility index (Phi) is 8.15. The first-order chi connectivity index (χ1) is 12.7. The topological polar surface area (TPSA) is 66.0 Å². The van der Waals surface area contributed by atoms with Gasteiger partial charge >= 0.3 is 6.09 Å². The summed E-state index contributed by atoms with van der Waals surface area (Å²) in [5.41, 5.74) is 1.21. The van der Waals surface area contributed by atoms with Gasteiger partial charge in [-0.3, -0.25) is 4.99 Å². The Bertz CT molecular complexity index is 788. The number of fused-ring (bicyclic) bond motifs is 1. The molecule has 3 rings (SSSR count). The lowest BCUT2D eigenvalue weighted by Gasteiger charge is -2.32. The van der Waals surface area contributed by atoms with E-state index in [1.54, 1.807) is 11.9 Å². The molecule has 6 nitrogen and oxygen atoms in total. The van der Waals surface area contributed by atoms with E-state index in [2.05, 4.69) is 58.1 Å². The maximum Gasteiger partial charge on any atom is 0.409 e. The van der Waals surface area contributed by atoms with Gasteiger partial charge in [0.05, 0.1) is 7.11 Å². The highest BCUT2D eigenvalue weighted by molar-refractivity contribution is 14.0. The zero-order valence-corrected chi connectivity index (χ0v) is 18.1. The van der Waals surface area contributed by atoms with E-state index < -0.39 is 0 Å². The van der Waals surface area contributed by atoms with Crippen LogP contribution >= 0.6 is 24.0 Å². The molecule has 1 heterocycles. The maximum absolute atomic E-state index is 11.6. The van der Waals surface area contributed by atoms with Crippen LogP contribution in [-0.2, 0) is 11.3 Å². The van der Waals surface area contributed by atoms with E-state index in [9.17, 15) is 4.79 Å². The summed E-state index contributed by atoms with van der Waals surface area (Å²) in [5.74, 6) is 0.787. The molecule has 146 valence electrons. The predicted octanol–water partition coefficient (Wildman–Crippen LogP) is 3.35. The Morgan fingerprint density at radius 1 is 1.19 bits per heavy atom. The molecule has 2 N–H and O–H groups in total. The van der Waals surface area contributed by atoms with E-state index in [0.717, 1.165) is 18.8 Å². The minimum Gasteiger partial charge on any atom is -0.453 e. The first-order valence-electron chi connectivity index (χ1n) is 8.97. The number of ether oxygens (including phenoxy) is 1. The van der Waals surface area contributed by atoms with Gasteiger partial charge in [-0.2, -0.15) is 0 Å². The largest absolute Gasteiger partial charge is 0.453 e. The Morgan fingerprint density at radius 2 is 1.89 bits per heavy atom. The molecule has 0 saturated carbocycles. The van der Waals surface area contributed by atoms with Crippen molar-refractivity contribution in [2.45, 2.75) is 25.4 Å². The number of halogens is 1. The number of piperidine rings is 1. The number of guanidine groups is 1. The summed E-state index contributed by atoms with van der Waals surface area (Å²) in [4.78, 5) is 17.6. The van der Waals surface area contributed by atoms with Crippen molar-refractivity contribution in [3.8, 4) is 0 Å². The average Bonchev–Trinajstić information content (AvgIpc) is 2.70. The minimum atomic E-state index is -0.248. The number of nitrogens with zero attached hydrogens (tertiary/aromatic N) is 2. The number of aliphatic imine (C=N–C) groups is 1. The fourth-order valence-electron chi connectivity index (χ4n) is 3.26. The molecule has 2 aromatic rings. The summed E-state index contributed by atoms with van der Waals surface area (Å²) in [7, 11) is 3.20. The number of nitrogens with one attached hydrogen (secondary N) is 2. The molecule has 1 fully saturated rings. The number of likely N-dealkylation sites (tertiary alicyclic amines) is 1. The van der Waals surface area contributed by atoms with Gasteiger partial charge in [0.1, 0.15) is 0 Å². The molecular formula is C20H27IN4O2. The zero-order valence-electron chi connectivity index (χ0n) is 15.8. The first-order valence-corrected chi connectivity index (χ1v) is 8.97. The second-order valence-corrected chi connectivity index (χ2v) is 6.48. The molecule has 0 atom stereocenters. The molecule has 0 radical (unpaired) electrons. The molecule has 1 aliphatic heterocycles. The van der Waals surface area contributed by atoms with Crippen LogP contribution in [0, 0.1) is 0 Å². The average molecular weight is 482 g/mol. The van der Waals surface area contributed by atoms with Crippen LogP contribution in [0.3, 0.4) is 0 Å². The third kappa shape index (κ3) is 5.72. The van der Waals surface area contributed by atoms with Crippen LogP contribution < -0.4 is 10.6 Å². The SMILES string of the molecule is CN=C(NCc1ccc2ccccc2c1)NC1CCN(C(=O)OC)CC1.I. The van der Waals surface area contributed by atoms with Crippen LogP contribution in [0.25, 0.3) is 10.8 Å². The van der Waals surface area contributed by atoms with Crippen molar-refractivity contribution in [3.05, 3.63) is 48.0 Å². The molecule has 0 unspecified atom stereocenters. The van der Waals surface area contributed by atoms with Crippen LogP contribution in [0.4, 0.5) is 4.79 Å². The maximum atomic E-state index is 11.6. The predicted molar refractivity (Wildman–Crippen MR) is 120 cm³/mol. The van der Waals surface area contributed by atoms with Crippen LogP contribution in [0.1, 0.15) is 18.4 Å². The molecular weight excluding hydrogens is 455 g/mol. The van der Waals surface area contributed by atoms with Crippen molar-refractivity contribution in [2.75, 3.05) is 27.2 Å². The number of methoxy groups -OCH3 is 1. The monoisotopic (exact) mass is 482 g/mol. The molecule has 0 aliphatic carbocycles. The van der Waals surface area contributed by atoms with E-state index in [4.69, 9.17) is 4.74 Å². The third-order valence-electron chi connectivity index (χ3n) is 4.77. The summed E-state index contributed by atoms with van der Waals surface area (Å²) >= 11 is 0. The van der Waals surface area contributed by atoms with Gasteiger partial charge in [0.15, 0.2) is 5.96 Å². The van der Waals surface area contributed by atoms with Gasteiger partial charge in [-0.15, -0.1) is 24.0 Å². The number of benzene rings is 2. The number of rotatable bonds is 3. The van der Waals surface area contributed by atoms with Crippen molar-refractivity contribution in [1.29, 1.82) is 0 Å². The summed E-state index contributed by atoms with van der Waals surface area (Å²) < 4.78 is 4.78. The number of carbonyl (C=O) groups is 1.